The van der Waals surface area contributed by atoms with E-state index in [1.54, 1.807) is 11.1 Å². The standard InChI is InChI=1S/C17H29BrS/c1-4-6-8-10-12-15-14(3)19-17(18)16(15)13-11-9-7-5-2/h4-13H2,1-3H3. The van der Waals surface area contributed by atoms with Gasteiger partial charge in [0.05, 0.1) is 3.79 Å². The summed E-state index contributed by atoms with van der Waals surface area (Å²) in [5.41, 5.74) is 3.28. The third-order valence-electron chi connectivity index (χ3n) is 3.83. The van der Waals surface area contributed by atoms with Gasteiger partial charge in [0.2, 0.25) is 0 Å². The summed E-state index contributed by atoms with van der Waals surface area (Å²) < 4.78 is 1.40. The predicted octanol–water partition coefficient (Wildman–Crippen LogP) is 7.06. The van der Waals surface area contributed by atoms with E-state index in [1.807, 2.05) is 11.3 Å². The number of hydrogen-bond donors (Lipinski definition) is 0. The quantitative estimate of drug-likeness (QED) is 0.398. The van der Waals surface area contributed by atoms with Gasteiger partial charge in [0.15, 0.2) is 0 Å². The maximum atomic E-state index is 3.78. The fraction of sp³-hybridized carbons (Fsp3) is 0.765. The molecule has 0 spiro atoms. The summed E-state index contributed by atoms with van der Waals surface area (Å²) in [4.78, 5) is 1.54. The van der Waals surface area contributed by atoms with Gasteiger partial charge >= 0.3 is 0 Å². The molecule has 0 aliphatic heterocycles. The molecule has 0 aliphatic carbocycles. The zero-order valence-corrected chi connectivity index (χ0v) is 15.3. The molecule has 0 amide bonds. The predicted molar refractivity (Wildman–Crippen MR) is 92.4 cm³/mol. The molecule has 1 rings (SSSR count). The summed E-state index contributed by atoms with van der Waals surface area (Å²) in [6.07, 6.45) is 13.5. The summed E-state index contributed by atoms with van der Waals surface area (Å²) in [6, 6.07) is 0. The van der Waals surface area contributed by atoms with E-state index in [9.17, 15) is 0 Å². The smallest absolute Gasteiger partial charge is 0.0736 e. The van der Waals surface area contributed by atoms with Gasteiger partial charge in [-0.2, -0.15) is 0 Å². The van der Waals surface area contributed by atoms with Gasteiger partial charge in [-0.05, 0) is 59.7 Å². The number of aryl methyl sites for hydroxylation is 1. The molecule has 0 nitrogen and oxygen atoms in total. The third-order valence-corrected chi connectivity index (χ3v) is 5.77. The van der Waals surface area contributed by atoms with Crippen molar-refractivity contribution < 1.29 is 0 Å². The number of thiophene rings is 1. The van der Waals surface area contributed by atoms with Gasteiger partial charge in [-0.15, -0.1) is 11.3 Å². The molecular weight excluding hydrogens is 316 g/mol. The molecular formula is C17H29BrS. The molecule has 1 aromatic heterocycles. The number of unbranched alkanes of at least 4 members (excludes halogenated alkanes) is 6. The van der Waals surface area contributed by atoms with E-state index in [0.29, 0.717) is 0 Å². The minimum absolute atomic E-state index is 1.27. The fourth-order valence-electron chi connectivity index (χ4n) is 2.62. The van der Waals surface area contributed by atoms with E-state index in [4.69, 9.17) is 0 Å². The summed E-state index contributed by atoms with van der Waals surface area (Å²) in [5, 5.41) is 0. The molecule has 0 saturated heterocycles. The molecule has 0 aromatic carbocycles. The van der Waals surface area contributed by atoms with Gasteiger partial charge in [-0.1, -0.05) is 52.4 Å². The Balaban J connectivity index is 2.52. The molecule has 110 valence electrons. The van der Waals surface area contributed by atoms with E-state index >= 15 is 0 Å². The highest BCUT2D eigenvalue weighted by Crippen LogP contribution is 2.35. The topological polar surface area (TPSA) is 0 Å². The Labute approximate surface area is 132 Å². The van der Waals surface area contributed by atoms with Crippen LogP contribution in [0.3, 0.4) is 0 Å². The zero-order valence-electron chi connectivity index (χ0n) is 12.9. The van der Waals surface area contributed by atoms with E-state index < -0.39 is 0 Å². The highest BCUT2D eigenvalue weighted by molar-refractivity contribution is 9.11. The monoisotopic (exact) mass is 344 g/mol. The van der Waals surface area contributed by atoms with Gasteiger partial charge in [0.25, 0.3) is 0 Å². The number of hydrogen-bond acceptors (Lipinski definition) is 1. The number of halogens is 1. The molecule has 0 radical (unpaired) electrons. The van der Waals surface area contributed by atoms with E-state index in [2.05, 4.69) is 36.7 Å². The second-order valence-electron chi connectivity index (χ2n) is 5.51. The molecule has 1 aromatic rings. The second kappa shape index (κ2) is 9.99. The Kier molecular flexibility index (Phi) is 9.06. The molecule has 1 heterocycles. The van der Waals surface area contributed by atoms with Crippen LogP contribution in [0.15, 0.2) is 3.79 Å². The van der Waals surface area contributed by atoms with E-state index in [-0.39, 0.29) is 0 Å². The highest BCUT2D eigenvalue weighted by Gasteiger charge is 2.13. The molecule has 0 atom stereocenters. The zero-order chi connectivity index (χ0) is 14.1. The molecule has 19 heavy (non-hydrogen) atoms. The van der Waals surface area contributed by atoms with Gasteiger partial charge in [0.1, 0.15) is 0 Å². The molecule has 0 saturated carbocycles. The Morgan fingerprint density at radius 2 is 1.32 bits per heavy atom. The first-order valence-corrected chi connectivity index (χ1v) is 9.58. The summed E-state index contributed by atoms with van der Waals surface area (Å²) in [6.45, 7) is 6.86. The maximum Gasteiger partial charge on any atom is 0.0736 e. The van der Waals surface area contributed by atoms with Crippen LogP contribution >= 0.6 is 27.3 Å². The van der Waals surface area contributed by atoms with Crippen molar-refractivity contribution in [1.82, 2.24) is 0 Å². The minimum atomic E-state index is 1.27. The highest BCUT2D eigenvalue weighted by atomic mass is 79.9. The van der Waals surface area contributed by atoms with Crippen molar-refractivity contribution in [2.45, 2.75) is 85.0 Å². The average molecular weight is 345 g/mol. The molecule has 0 N–H and O–H groups in total. The Morgan fingerprint density at radius 1 is 0.789 bits per heavy atom. The van der Waals surface area contributed by atoms with Crippen LogP contribution in [0.1, 0.15) is 81.2 Å². The van der Waals surface area contributed by atoms with Crippen molar-refractivity contribution in [3.63, 3.8) is 0 Å². The lowest BCUT2D eigenvalue weighted by Crippen LogP contribution is -1.94. The SMILES string of the molecule is CCCCCCc1c(C)sc(Br)c1CCCCCC. The summed E-state index contributed by atoms with van der Waals surface area (Å²) >= 11 is 5.72. The van der Waals surface area contributed by atoms with E-state index in [0.717, 1.165) is 0 Å². The minimum Gasteiger partial charge on any atom is -0.133 e. The summed E-state index contributed by atoms with van der Waals surface area (Å²) in [7, 11) is 0. The van der Waals surface area contributed by atoms with Crippen LogP contribution < -0.4 is 0 Å². The molecule has 0 bridgehead atoms. The van der Waals surface area contributed by atoms with Crippen molar-refractivity contribution in [2.24, 2.45) is 0 Å². The molecule has 0 aliphatic rings. The summed E-state index contributed by atoms with van der Waals surface area (Å²) in [5.74, 6) is 0. The van der Waals surface area contributed by atoms with Gasteiger partial charge in [-0.25, -0.2) is 0 Å². The van der Waals surface area contributed by atoms with Crippen LogP contribution in [0, 0.1) is 6.92 Å². The van der Waals surface area contributed by atoms with Crippen LogP contribution in [0.25, 0.3) is 0 Å². The lowest BCUT2D eigenvalue weighted by Gasteiger charge is -2.07. The maximum absolute atomic E-state index is 3.78. The van der Waals surface area contributed by atoms with Crippen LogP contribution in [0.5, 0.6) is 0 Å². The third kappa shape index (κ3) is 5.99. The van der Waals surface area contributed by atoms with Crippen LogP contribution in [-0.2, 0) is 12.8 Å². The molecule has 2 heteroatoms. The first kappa shape index (κ1) is 17.2. The van der Waals surface area contributed by atoms with Crippen LogP contribution in [0.4, 0.5) is 0 Å². The molecule has 0 unspecified atom stereocenters. The van der Waals surface area contributed by atoms with Crippen molar-refractivity contribution in [3.05, 3.63) is 19.8 Å². The number of rotatable bonds is 10. The van der Waals surface area contributed by atoms with Gasteiger partial charge < -0.3 is 0 Å². The van der Waals surface area contributed by atoms with Crippen LogP contribution in [-0.4, -0.2) is 0 Å². The Bertz CT molecular complexity index is 322. The first-order valence-electron chi connectivity index (χ1n) is 7.97. The van der Waals surface area contributed by atoms with Crippen LogP contribution in [0.2, 0.25) is 0 Å². The normalized spacial score (nSPS) is 11.2. The van der Waals surface area contributed by atoms with E-state index in [1.165, 1.54) is 72.9 Å². The molecule has 0 fully saturated rings. The largest absolute Gasteiger partial charge is 0.133 e. The van der Waals surface area contributed by atoms with Crippen molar-refractivity contribution in [1.29, 1.82) is 0 Å². The van der Waals surface area contributed by atoms with Gasteiger partial charge in [-0.3, -0.25) is 0 Å². The lowest BCUT2D eigenvalue weighted by atomic mass is 9.99. The van der Waals surface area contributed by atoms with Crippen molar-refractivity contribution in [3.8, 4) is 0 Å². The lowest BCUT2D eigenvalue weighted by molar-refractivity contribution is 0.650. The Morgan fingerprint density at radius 3 is 1.84 bits per heavy atom. The fourth-order valence-corrected chi connectivity index (χ4v) is 4.75. The Hall–Kier alpha value is 0.180. The second-order valence-corrected chi connectivity index (χ2v) is 8.05. The van der Waals surface area contributed by atoms with Gasteiger partial charge in [0, 0.05) is 4.88 Å². The average Bonchev–Trinajstić information content (AvgIpc) is 2.65. The van der Waals surface area contributed by atoms with Crippen molar-refractivity contribution in [2.75, 3.05) is 0 Å². The van der Waals surface area contributed by atoms with Crippen molar-refractivity contribution >= 4 is 27.3 Å². The first-order chi connectivity index (χ1) is 9.20.